The molecule has 5 aliphatic rings. The van der Waals surface area contributed by atoms with Crippen LogP contribution >= 0.6 is 0 Å². The summed E-state index contributed by atoms with van der Waals surface area (Å²) in [6.07, 6.45) is 9.52. The molecular formula is C45H70N4O8S. The van der Waals surface area contributed by atoms with Gasteiger partial charge < -0.3 is 25.3 Å². The lowest BCUT2D eigenvalue weighted by molar-refractivity contribution is -0.165. The fraction of sp³-hybridized carbons (Fsp3) is 0.778. The number of ketones is 1. The van der Waals surface area contributed by atoms with E-state index in [2.05, 4.69) is 28.9 Å². The number of rotatable bonds is 10. The molecule has 9 atom stereocenters. The summed E-state index contributed by atoms with van der Waals surface area (Å²) in [6.45, 7) is 21.4. The van der Waals surface area contributed by atoms with Crippen molar-refractivity contribution in [3.63, 3.8) is 0 Å². The van der Waals surface area contributed by atoms with Gasteiger partial charge in [0.05, 0.1) is 4.90 Å². The number of fused-ring (bicyclic) bond motifs is 6. The van der Waals surface area contributed by atoms with Crippen LogP contribution in [0.25, 0.3) is 0 Å². The average molecular weight is 827 g/mol. The Hall–Kier alpha value is -3.35. The number of Topliss-reactive ketones (excluding diaryl/α,β-unsaturated/α-hetero) is 1. The van der Waals surface area contributed by atoms with E-state index in [9.17, 15) is 22.8 Å². The Morgan fingerprint density at radius 3 is 2.28 bits per heavy atom. The van der Waals surface area contributed by atoms with Gasteiger partial charge in [-0.05, 0) is 179 Å². The molecule has 13 heteroatoms. The molecule has 0 radical (unpaired) electrons. The Balaban J connectivity index is 1.07. The monoisotopic (exact) mass is 826 g/mol. The third-order valence-corrected chi connectivity index (χ3v) is 16.7. The zero-order chi connectivity index (χ0) is 42.7. The highest BCUT2D eigenvalue weighted by Crippen LogP contribution is 2.67. The molecule has 4 N–H and O–H groups in total. The molecule has 1 unspecified atom stereocenters. The highest BCUT2D eigenvalue weighted by Gasteiger charge is 2.61. The first-order chi connectivity index (χ1) is 26.9. The Bertz CT molecular complexity index is 1940. The molecule has 1 amide bonds. The van der Waals surface area contributed by atoms with Gasteiger partial charge in [0.25, 0.3) is 10.0 Å². The van der Waals surface area contributed by atoms with Gasteiger partial charge in [0, 0.05) is 30.0 Å². The summed E-state index contributed by atoms with van der Waals surface area (Å²) >= 11 is 0. The van der Waals surface area contributed by atoms with E-state index in [1.165, 1.54) is 0 Å². The number of amides is 1. The van der Waals surface area contributed by atoms with E-state index in [1.54, 1.807) is 41.5 Å². The first-order valence-electron chi connectivity index (χ1n) is 21.7. The number of aliphatic imine (C=N–C) groups is 1. The number of alkyl carbamates (subject to hydrolysis) is 1. The SMILES string of the molecule is CC(=O)[C@H]1CC[C@H]2[C@@H]3CC[C@@H]4C[C@H](OC(=O)C(CCCN=C(N)NS(=O)(=O)c5c(C)c(C)c6c(c5C)OC(C)(C)C6)NC(=O)OC(C)(C)C)CC[C@]4(C)[C@H]3CC[C@]12C. The number of nitrogens with one attached hydrogen (secondary N) is 2. The highest BCUT2D eigenvalue weighted by molar-refractivity contribution is 7.90. The maximum atomic E-state index is 13.8. The lowest BCUT2D eigenvalue weighted by Gasteiger charge is -2.61. The van der Waals surface area contributed by atoms with Crippen molar-refractivity contribution < 1.29 is 37.0 Å². The van der Waals surface area contributed by atoms with E-state index >= 15 is 0 Å². The van der Waals surface area contributed by atoms with Crippen molar-refractivity contribution in [3.8, 4) is 5.75 Å². The molecule has 58 heavy (non-hydrogen) atoms. The standard InChI is InChI=1S/C45H70N4O8S/c1-25-26(2)38(27(3)37-32(25)24-43(8,9)56-37)58(53,54)49-40(46)47-22-12-13-36(48-41(52)57-42(5,6)7)39(51)55-30-18-20-44(10)29(23-30)14-15-31-34-17-16-33(28(4)50)45(34,11)21-19-35(31)44/h29-31,33-36H,12-24H2,1-11H3,(H,48,52)(H3,46,47,49)/t29-,30-,31+,33-,34+,35+,36?,44+,45-/m1/s1. The molecule has 324 valence electrons. The minimum Gasteiger partial charge on any atom is -0.487 e. The molecule has 1 heterocycles. The molecule has 1 aliphatic heterocycles. The number of nitrogens with zero attached hydrogens (tertiary/aromatic N) is 1. The summed E-state index contributed by atoms with van der Waals surface area (Å²) in [5.74, 6) is 2.69. The van der Waals surface area contributed by atoms with Crippen LogP contribution in [0.5, 0.6) is 5.75 Å². The summed E-state index contributed by atoms with van der Waals surface area (Å²) in [6, 6.07) is -0.983. The first kappa shape index (κ1) is 44.2. The lowest BCUT2D eigenvalue weighted by atomic mass is 9.44. The Labute approximate surface area is 347 Å². The number of ether oxygens (including phenoxy) is 3. The number of hydrogen-bond donors (Lipinski definition) is 3. The highest BCUT2D eigenvalue weighted by atomic mass is 32.2. The van der Waals surface area contributed by atoms with Crippen molar-refractivity contribution in [1.82, 2.24) is 10.0 Å². The minimum absolute atomic E-state index is 0.103. The summed E-state index contributed by atoms with van der Waals surface area (Å²) in [7, 11) is -4.10. The van der Waals surface area contributed by atoms with Gasteiger partial charge in [-0.1, -0.05) is 13.8 Å². The van der Waals surface area contributed by atoms with Crippen LogP contribution in [0.1, 0.15) is 148 Å². The topological polar surface area (TPSA) is 175 Å². The largest absolute Gasteiger partial charge is 0.487 e. The van der Waals surface area contributed by atoms with Crippen molar-refractivity contribution in [2.24, 2.45) is 51.1 Å². The van der Waals surface area contributed by atoms with Gasteiger partial charge in [-0.2, -0.15) is 0 Å². The third-order valence-electron chi connectivity index (χ3n) is 15.1. The minimum atomic E-state index is -4.10. The first-order valence-corrected chi connectivity index (χ1v) is 23.2. The van der Waals surface area contributed by atoms with Gasteiger partial charge in [-0.15, -0.1) is 0 Å². The van der Waals surface area contributed by atoms with Gasteiger partial charge in [0.1, 0.15) is 34.9 Å². The lowest BCUT2D eigenvalue weighted by Crippen LogP contribution is -2.54. The maximum Gasteiger partial charge on any atom is 0.408 e. The van der Waals surface area contributed by atoms with E-state index in [-0.39, 0.29) is 46.7 Å². The molecular weight excluding hydrogens is 757 g/mol. The van der Waals surface area contributed by atoms with E-state index < -0.39 is 39.3 Å². The van der Waals surface area contributed by atoms with Crippen LogP contribution in [0.15, 0.2) is 9.89 Å². The molecule has 4 saturated carbocycles. The van der Waals surface area contributed by atoms with Crippen molar-refractivity contribution >= 4 is 33.8 Å². The van der Waals surface area contributed by atoms with Crippen LogP contribution < -0.4 is 20.5 Å². The van der Waals surface area contributed by atoms with Gasteiger partial charge in [-0.25, -0.2) is 22.7 Å². The van der Waals surface area contributed by atoms with E-state index in [0.717, 1.165) is 68.9 Å². The van der Waals surface area contributed by atoms with Gasteiger partial charge in [0.15, 0.2) is 0 Å². The van der Waals surface area contributed by atoms with Crippen molar-refractivity contribution in [2.75, 3.05) is 6.54 Å². The van der Waals surface area contributed by atoms with E-state index in [0.29, 0.717) is 59.2 Å². The third kappa shape index (κ3) is 8.62. The van der Waals surface area contributed by atoms with Crippen LogP contribution in [0, 0.1) is 61.2 Å². The fourth-order valence-electron chi connectivity index (χ4n) is 12.3. The van der Waals surface area contributed by atoms with Gasteiger partial charge >= 0.3 is 12.1 Å². The van der Waals surface area contributed by atoms with Gasteiger partial charge in [0.2, 0.25) is 5.96 Å². The number of carbonyl (C=O) groups is 3. The molecule has 4 fully saturated rings. The fourth-order valence-corrected chi connectivity index (χ4v) is 13.8. The molecule has 0 aromatic heterocycles. The molecule has 6 rings (SSSR count). The summed E-state index contributed by atoms with van der Waals surface area (Å²) in [5, 5.41) is 2.73. The van der Waals surface area contributed by atoms with E-state index in [4.69, 9.17) is 19.9 Å². The Morgan fingerprint density at radius 2 is 1.60 bits per heavy atom. The zero-order valence-electron chi connectivity index (χ0n) is 36.9. The smallest absolute Gasteiger partial charge is 0.408 e. The predicted molar refractivity (Wildman–Crippen MR) is 224 cm³/mol. The molecule has 1 aromatic carbocycles. The number of guanidine groups is 1. The van der Waals surface area contributed by atoms with E-state index in [1.807, 2.05) is 20.8 Å². The molecule has 12 nitrogen and oxygen atoms in total. The Kier molecular flexibility index (Phi) is 12.1. The zero-order valence-corrected chi connectivity index (χ0v) is 37.7. The average Bonchev–Trinajstić information content (AvgIpc) is 3.64. The summed E-state index contributed by atoms with van der Waals surface area (Å²) < 4.78 is 47.6. The van der Waals surface area contributed by atoms with Crippen LogP contribution in [0.3, 0.4) is 0 Å². The number of esters is 1. The number of carbonyl (C=O) groups excluding carboxylic acids is 3. The van der Waals surface area contributed by atoms with Crippen molar-refractivity contribution in [3.05, 3.63) is 22.3 Å². The molecule has 0 spiro atoms. The maximum absolute atomic E-state index is 13.8. The predicted octanol–water partition coefficient (Wildman–Crippen LogP) is 7.75. The number of nitrogens with two attached hydrogens (primary N) is 1. The number of benzene rings is 1. The second-order valence-electron chi connectivity index (χ2n) is 20.5. The Morgan fingerprint density at radius 1 is 0.931 bits per heavy atom. The van der Waals surface area contributed by atoms with Crippen LogP contribution in [-0.4, -0.2) is 62.1 Å². The van der Waals surface area contributed by atoms with Crippen molar-refractivity contribution in [2.45, 2.75) is 181 Å². The number of hydrogen-bond acceptors (Lipinski definition) is 9. The van der Waals surface area contributed by atoms with Crippen LogP contribution in [-0.2, 0) is 35.5 Å². The molecule has 1 aromatic rings. The second kappa shape index (κ2) is 15.9. The van der Waals surface area contributed by atoms with Crippen molar-refractivity contribution in [1.29, 1.82) is 0 Å². The number of sulfonamides is 1. The molecule has 4 aliphatic carbocycles. The van der Waals surface area contributed by atoms with Crippen LogP contribution in [0.2, 0.25) is 0 Å². The summed E-state index contributed by atoms with van der Waals surface area (Å²) in [5.41, 5.74) is 8.29. The normalized spacial score (nSPS) is 32.1. The van der Waals surface area contributed by atoms with Gasteiger partial charge in [-0.3, -0.25) is 9.79 Å². The molecule has 0 saturated heterocycles. The molecule has 0 bridgehead atoms. The van der Waals surface area contributed by atoms with Crippen LogP contribution in [0.4, 0.5) is 4.79 Å². The summed E-state index contributed by atoms with van der Waals surface area (Å²) in [4.78, 5) is 43.7. The second-order valence-corrected chi connectivity index (χ2v) is 22.2. The quantitative estimate of drug-likeness (QED) is 0.0922.